The summed E-state index contributed by atoms with van der Waals surface area (Å²) in [5, 5.41) is 0. The Morgan fingerprint density at radius 2 is 0.525 bits per heavy atom. The van der Waals surface area contributed by atoms with E-state index in [1.165, 1.54) is 19.6 Å². The third kappa shape index (κ3) is 12.8. The number of nitrogens with zero attached hydrogens (tertiary/aromatic N) is 2. The summed E-state index contributed by atoms with van der Waals surface area (Å²) in [7, 11) is 0. The highest BCUT2D eigenvalue weighted by Gasteiger charge is 2.11. The van der Waals surface area contributed by atoms with Crippen LogP contribution in [0.25, 0.3) is 0 Å². The van der Waals surface area contributed by atoms with Gasteiger partial charge in [0.25, 0.3) is 0 Å². The van der Waals surface area contributed by atoms with Gasteiger partial charge in [0, 0.05) is 81.9 Å². The van der Waals surface area contributed by atoms with Gasteiger partial charge >= 0.3 is 0 Å². The summed E-state index contributed by atoms with van der Waals surface area (Å²) in [6, 6.07) is 43.2. The fourth-order valence-electron chi connectivity index (χ4n) is 4.19. The highest BCUT2D eigenvalue weighted by molar-refractivity contribution is 8.00. The second kappa shape index (κ2) is 19.3. The van der Waals surface area contributed by atoms with Crippen LogP contribution in [0.5, 0.6) is 0 Å². The minimum atomic E-state index is 1.11. The Kier molecular flexibility index (Phi) is 15.1. The summed E-state index contributed by atoms with van der Waals surface area (Å²) in [5.41, 5.74) is 0. The van der Waals surface area contributed by atoms with Crippen molar-refractivity contribution >= 4 is 47.0 Å². The molecule has 0 unspecified atom stereocenters. The quantitative estimate of drug-likeness (QED) is 0.0980. The molecule has 210 valence electrons. The van der Waals surface area contributed by atoms with Crippen LogP contribution in [0.1, 0.15) is 0 Å². The number of hydrogen-bond acceptors (Lipinski definition) is 6. The van der Waals surface area contributed by atoms with Gasteiger partial charge in [-0.1, -0.05) is 72.8 Å². The van der Waals surface area contributed by atoms with E-state index in [1.807, 2.05) is 47.0 Å². The second-order valence-electron chi connectivity index (χ2n) is 9.33. The van der Waals surface area contributed by atoms with E-state index >= 15 is 0 Å². The fraction of sp³-hybridized carbons (Fsp3) is 0.294. The summed E-state index contributed by atoms with van der Waals surface area (Å²) in [6.07, 6.45) is 0. The molecule has 0 aliphatic carbocycles. The van der Waals surface area contributed by atoms with Crippen molar-refractivity contribution in [1.29, 1.82) is 0 Å². The van der Waals surface area contributed by atoms with Crippen LogP contribution >= 0.6 is 47.0 Å². The molecule has 0 aliphatic rings. The first-order valence-corrected chi connectivity index (χ1v) is 18.0. The molecule has 0 fully saturated rings. The standard InChI is InChI=1S/C34H40N2S4/c1-5-13-31(14-6-1)37-27-23-35(24-28-38-32-15-7-2-8-16-32)21-22-36(25-29-39-33-17-9-3-10-18-33)26-30-40-34-19-11-4-12-20-34/h1-20H,21-30H2. The normalized spacial score (nSPS) is 11.3. The average Bonchev–Trinajstić information content (AvgIpc) is 3.01. The Morgan fingerprint density at radius 1 is 0.300 bits per heavy atom. The van der Waals surface area contributed by atoms with Crippen molar-refractivity contribution in [2.75, 3.05) is 62.3 Å². The van der Waals surface area contributed by atoms with Crippen LogP contribution in [0.3, 0.4) is 0 Å². The largest absolute Gasteiger partial charge is 0.300 e. The Hall–Kier alpha value is -1.80. The fourth-order valence-corrected chi connectivity index (χ4v) is 7.93. The molecule has 0 heterocycles. The van der Waals surface area contributed by atoms with Crippen molar-refractivity contribution in [1.82, 2.24) is 9.80 Å². The van der Waals surface area contributed by atoms with Crippen molar-refractivity contribution in [3.8, 4) is 0 Å². The van der Waals surface area contributed by atoms with Gasteiger partial charge in [0.05, 0.1) is 0 Å². The lowest BCUT2D eigenvalue weighted by atomic mass is 10.4. The van der Waals surface area contributed by atoms with Crippen molar-refractivity contribution < 1.29 is 0 Å². The molecule has 0 saturated carbocycles. The van der Waals surface area contributed by atoms with Crippen molar-refractivity contribution in [3.05, 3.63) is 121 Å². The summed E-state index contributed by atoms with van der Waals surface area (Å²) in [6.45, 7) is 6.66. The summed E-state index contributed by atoms with van der Waals surface area (Å²) < 4.78 is 0. The molecule has 0 spiro atoms. The Bertz CT molecular complexity index is 978. The number of rotatable bonds is 19. The van der Waals surface area contributed by atoms with E-state index in [0.717, 1.165) is 62.3 Å². The van der Waals surface area contributed by atoms with E-state index in [4.69, 9.17) is 0 Å². The lowest BCUT2D eigenvalue weighted by Gasteiger charge is -2.28. The zero-order valence-electron chi connectivity index (χ0n) is 23.1. The molecule has 0 radical (unpaired) electrons. The van der Waals surface area contributed by atoms with Crippen LogP contribution in [0, 0.1) is 0 Å². The minimum absolute atomic E-state index is 1.11. The van der Waals surface area contributed by atoms with E-state index in [9.17, 15) is 0 Å². The SMILES string of the molecule is c1ccc(SCCN(CCSc2ccccc2)CCN(CCSc2ccccc2)CCSc2ccccc2)cc1. The number of benzene rings is 4. The van der Waals surface area contributed by atoms with Gasteiger partial charge in [-0.15, -0.1) is 47.0 Å². The van der Waals surface area contributed by atoms with E-state index in [0.29, 0.717) is 0 Å². The van der Waals surface area contributed by atoms with Crippen LogP contribution in [0.15, 0.2) is 141 Å². The highest BCUT2D eigenvalue weighted by atomic mass is 32.2. The van der Waals surface area contributed by atoms with Crippen LogP contribution in [0.2, 0.25) is 0 Å². The molecule has 0 aliphatic heterocycles. The van der Waals surface area contributed by atoms with Crippen LogP contribution < -0.4 is 0 Å². The number of hydrogen-bond donors (Lipinski definition) is 0. The van der Waals surface area contributed by atoms with E-state index in [1.54, 1.807) is 0 Å². The first-order chi connectivity index (χ1) is 19.8. The predicted molar refractivity (Wildman–Crippen MR) is 182 cm³/mol. The van der Waals surface area contributed by atoms with Gasteiger partial charge in [0.1, 0.15) is 0 Å². The van der Waals surface area contributed by atoms with Crippen LogP contribution in [0.4, 0.5) is 0 Å². The monoisotopic (exact) mass is 604 g/mol. The van der Waals surface area contributed by atoms with Crippen molar-refractivity contribution in [3.63, 3.8) is 0 Å². The van der Waals surface area contributed by atoms with Gasteiger partial charge in [-0.3, -0.25) is 0 Å². The van der Waals surface area contributed by atoms with Crippen molar-refractivity contribution in [2.24, 2.45) is 0 Å². The molecule has 4 rings (SSSR count). The summed E-state index contributed by atoms with van der Waals surface area (Å²) >= 11 is 7.87. The maximum atomic E-state index is 2.67. The molecule has 0 saturated heterocycles. The van der Waals surface area contributed by atoms with Gasteiger partial charge in [0.2, 0.25) is 0 Å². The number of thioether (sulfide) groups is 4. The maximum Gasteiger partial charge on any atom is 0.0110 e. The Balaban J connectivity index is 1.29. The van der Waals surface area contributed by atoms with Gasteiger partial charge in [-0.25, -0.2) is 0 Å². The van der Waals surface area contributed by atoms with Gasteiger partial charge < -0.3 is 9.80 Å². The zero-order chi connectivity index (χ0) is 27.5. The third-order valence-corrected chi connectivity index (χ3v) is 10.4. The third-order valence-electron chi connectivity index (χ3n) is 6.41. The maximum absolute atomic E-state index is 2.67. The molecular formula is C34H40N2S4. The second-order valence-corrected chi connectivity index (χ2v) is 14.0. The molecular weight excluding hydrogens is 565 g/mol. The first kappa shape index (κ1) is 31.1. The molecule has 40 heavy (non-hydrogen) atoms. The van der Waals surface area contributed by atoms with E-state index in [-0.39, 0.29) is 0 Å². The van der Waals surface area contributed by atoms with Gasteiger partial charge in [-0.05, 0) is 48.5 Å². The lowest BCUT2D eigenvalue weighted by molar-refractivity contribution is 0.232. The molecule has 6 heteroatoms. The van der Waals surface area contributed by atoms with Crippen molar-refractivity contribution in [2.45, 2.75) is 19.6 Å². The van der Waals surface area contributed by atoms with Gasteiger partial charge in [0.15, 0.2) is 0 Å². The molecule has 0 bridgehead atoms. The molecule has 4 aromatic carbocycles. The lowest BCUT2D eigenvalue weighted by Crippen LogP contribution is -2.39. The summed E-state index contributed by atoms with van der Waals surface area (Å²) in [5.74, 6) is 4.48. The molecule has 0 aromatic heterocycles. The minimum Gasteiger partial charge on any atom is -0.300 e. The smallest absolute Gasteiger partial charge is 0.0110 e. The molecule has 0 amide bonds. The van der Waals surface area contributed by atoms with E-state index < -0.39 is 0 Å². The van der Waals surface area contributed by atoms with E-state index in [2.05, 4.69) is 131 Å². The highest BCUT2D eigenvalue weighted by Crippen LogP contribution is 2.21. The molecule has 4 aromatic rings. The summed E-state index contributed by atoms with van der Waals surface area (Å²) in [4.78, 5) is 10.8. The van der Waals surface area contributed by atoms with Crippen LogP contribution in [-0.4, -0.2) is 72.1 Å². The Labute approximate surface area is 258 Å². The Morgan fingerprint density at radius 3 is 0.750 bits per heavy atom. The zero-order valence-corrected chi connectivity index (χ0v) is 26.4. The predicted octanol–water partition coefficient (Wildman–Crippen LogP) is 8.76. The molecule has 0 N–H and O–H groups in total. The first-order valence-electron chi connectivity index (χ1n) is 14.0. The average molecular weight is 605 g/mol. The van der Waals surface area contributed by atoms with Crippen LogP contribution in [-0.2, 0) is 0 Å². The molecule has 2 nitrogen and oxygen atoms in total. The molecule has 0 atom stereocenters. The van der Waals surface area contributed by atoms with Gasteiger partial charge in [-0.2, -0.15) is 0 Å². The topological polar surface area (TPSA) is 6.48 Å².